The smallest absolute Gasteiger partial charge is 0.339 e. The lowest BCUT2D eigenvalue weighted by atomic mass is 10.1. The standard InChI is InChI=1S/C16H18N2O3/c1-20-16(19)13-4-5-14(18-10-13)11-21-15-6-2-12(3-7-15)8-9-17/h2-7,10H,8-9,11,17H2,1H3. The van der Waals surface area contributed by atoms with E-state index in [2.05, 4.69) is 9.72 Å². The molecule has 2 aromatic rings. The second-order valence-corrected chi connectivity index (χ2v) is 4.50. The Hall–Kier alpha value is -2.40. The SMILES string of the molecule is COC(=O)c1ccc(COc2ccc(CCN)cc2)nc1. The third kappa shape index (κ3) is 4.29. The molecule has 1 aromatic carbocycles. The first kappa shape index (κ1) is 15.0. The minimum atomic E-state index is -0.398. The predicted molar refractivity (Wildman–Crippen MR) is 79.1 cm³/mol. The van der Waals surface area contributed by atoms with Gasteiger partial charge in [0.1, 0.15) is 12.4 Å². The molecule has 0 fully saturated rings. The summed E-state index contributed by atoms with van der Waals surface area (Å²) in [7, 11) is 1.34. The van der Waals surface area contributed by atoms with Gasteiger partial charge in [0.2, 0.25) is 0 Å². The number of nitrogens with zero attached hydrogens (tertiary/aromatic N) is 1. The molecule has 0 radical (unpaired) electrons. The van der Waals surface area contributed by atoms with Gasteiger partial charge in [-0.3, -0.25) is 4.98 Å². The van der Waals surface area contributed by atoms with E-state index in [0.29, 0.717) is 18.7 Å². The summed E-state index contributed by atoms with van der Waals surface area (Å²) in [6.45, 7) is 0.981. The molecular formula is C16H18N2O3. The Morgan fingerprint density at radius 1 is 1.19 bits per heavy atom. The lowest BCUT2D eigenvalue weighted by molar-refractivity contribution is 0.0600. The van der Waals surface area contributed by atoms with E-state index in [0.717, 1.165) is 17.9 Å². The monoisotopic (exact) mass is 286 g/mol. The summed E-state index contributed by atoms with van der Waals surface area (Å²) in [5.41, 5.74) is 7.86. The Balaban J connectivity index is 1.91. The highest BCUT2D eigenvalue weighted by Gasteiger charge is 2.05. The molecule has 1 heterocycles. The molecule has 21 heavy (non-hydrogen) atoms. The van der Waals surface area contributed by atoms with Gasteiger partial charge in [0.15, 0.2) is 0 Å². The zero-order valence-electron chi connectivity index (χ0n) is 11.9. The molecule has 0 saturated carbocycles. The number of ether oxygens (including phenoxy) is 2. The van der Waals surface area contributed by atoms with Crippen molar-refractivity contribution in [1.82, 2.24) is 4.98 Å². The second-order valence-electron chi connectivity index (χ2n) is 4.50. The summed E-state index contributed by atoms with van der Waals surface area (Å²) in [4.78, 5) is 15.5. The van der Waals surface area contributed by atoms with Gasteiger partial charge in [0.05, 0.1) is 18.4 Å². The first-order valence-corrected chi connectivity index (χ1v) is 6.68. The van der Waals surface area contributed by atoms with Gasteiger partial charge in [-0.2, -0.15) is 0 Å². The maximum Gasteiger partial charge on any atom is 0.339 e. The van der Waals surface area contributed by atoms with Crippen molar-refractivity contribution in [3.05, 3.63) is 59.4 Å². The number of pyridine rings is 1. The van der Waals surface area contributed by atoms with Crippen molar-refractivity contribution < 1.29 is 14.3 Å². The van der Waals surface area contributed by atoms with Crippen LogP contribution in [0.25, 0.3) is 0 Å². The number of carbonyl (C=O) groups is 1. The lowest BCUT2D eigenvalue weighted by Crippen LogP contribution is -2.04. The Labute approximate surface area is 123 Å². The van der Waals surface area contributed by atoms with Gasteiger partial charge in [-0.05, 0) is 42.8 Å². The van der Waals surface area contributed by atoms with Crippen LogP contribution in [-0.4, -0.2) is 24.6 Å². The molecule has 0 aliphatic carbocycles. The molecule has 0 spiro atoms. The third-order valence-corrected chi connectivity index (χ3v) is 2.99. The minimum absolute atomic E-state index is 0.345. The summed E-state index contributed by atoms with van der Waals surface area (Å²) in [5, 5.41) is 0. The molecule has 2 N–H and O–H groups in total. The average Bonchev–Trinajstić information content (AvgIpc) is 2.54. The summed E-state index contributed by atoms with van der Waals surface area (Å²) in [5.74, 6) is 0.375. The van der Waals surface area contributed by atoms with Crippen LogP contribution in [0.3, 0.4) is 0 Å². The van der Waals surface area contributed by atoms with Crippen molar-refractivity contribution in [2.45, 2.75) is 13.0 Å². The normalized spacial score (nSPS) is 10.2. The highest BCUT2D eigenvalue weighted by Crippen LogP contribution is 2.14. The maximum atomic E-state index is 11.3. The van der Waals surface area contributed by atoms with Crippen LogP contribution in [0.15, 0.2) is 42.6 Å². The summed E-state index contributed by atoms with van der Waals surface area (Å²) < 4.78 is 10.3. The number of hydrogen-bond donors (Lipinski definition) is 1. The molecule has 0 aliphatic heterocycles. The molecule has 0 amide bonds. The Morgan fingerprint density at radius 3 is 2.52 bits per heavy atom. The molecule has 0 unspecified atom stereocenters. The van der Waals surface area contributed by atoms with Gasteiger partial charge < -0.3 is 15.2 Å². The average molecular weight is 286 g/mol. The van der Waals surface area contributed by atoms with Crippen LogP contribution in [0.2, 0.25) is 0 Å². The first-order valence-electron chi connectivity index (χ1n) is 6.68. The number of esters is 1. The third-order valence-electron chi connectivity index (χ3n) is 2.99. The van der Waals surface area contributed by atoms with Crippen LogP contribution in [0.5, 0.6) is 5.75 Å². The molecule has 0 saturated heterocycles. The molecule has 1 aromatic heterocycles. The van der Waals surface area contributed by atoms with Gasteiger partial charge in [-0.1, -0.05) is 12.1 Å². The van der Waals surface area contributed by atoms with E-state index < -0.39 is 5.97 Å². The number of hydrogen-bond acceptors (Lipinski definition) is 5. The number of nitrogens with two attached hydrogens (primary N) is 1. The van der Waals surface area contributed by atoms with Crippen LogP contribution >= 0.6 is 0 Å². The highest BCUT2D eigenvalue weighted by atomic mass is 16.5. The highest BCUT2D eigenvalue weighted by molar-refractivity contribution is 5.88. The first-order chi connectivity index (χ1) is 10.2. The summed E-state index contributed by atoms with van der Waals surface area (Å²) in [6, 6.07) is 11.2. The summed E-state index contributed by atoms with van der Waals surface area (Å²) >= 11 is 0. The molecule has 0 atom stereocenters. The van der Waals surface area contributed by atoms with E-state index in [1.165, 1.54) is 18.9 Å². The maximum absolute atomic E-state index is 11.3. The van der Waals surface area contributed by atoms with Crippen LogP contribution < -0.4 is 10.5 Å². The quantitative estimate of drug-likeness (QED) is 0.821. The lowest BCUT2D eigenvalue weighted by Gasteiger charge is -2.07. The van der Waals surface area contributed by atoms with Gasteiger partial charge >= 0.3 is 5.97 Å². The van der Waals surface area contributed by atoms with Crippen LogP contribution in [0, 0.1) is 0 Å². The van der Waals surface area contributed by atoms with Gasteiger partial charge in [-0.25, -0.2) is 4.79 Å². The number of aromatic nitrogens is 1. The van der Waals surface area contributed by atoms with Crippen molar-refractivity contribution in [1.29, 1.82) is 0 Å². The Kier molecular flexibility index (Phi) is 5.29. The van der Waals surface area contributed by atoms with E-state index in [9.17, 15) is 4.79 Å². The molecular weight excluding hydrogens is 268 g/mol. The Morgan fingerprint density at radius 2 is 1.95 bits per heavy atom. The fourth-order valence-electron chi connectivity index (χ4n) is 1.82. The van der Waals surface area contributed by atoms with Crippen LogP contribution in [0.4, 0.5) is 0 Å². The van der Waals surface area contributed by atoms with E-state index in [-0.39, 0.29) is 0 Å². The molecule has 0 bridgehead atoms. The molecule has 110 valence electrons. The predicted octanol–water partition coefficient (Wildman–Crippen LogP) is 1.95. The number of rotatable bonds is 6. The van der Waals surface area contributed by atoms with Crippen molar-refractivity contribution in [3.8, 4) is 5.75 Å². The zero-order chi connectivity index (χ0) is 15.1. The Bertz CT molecular complexity index is 579. The van der Waals surface area contributed by atoms with Crippen LogP contribution in [0.1, 0.15) is 21.6 Å². The summed E-state index contributed by atoms with van der Waals surface area (Å²) in [6.07, 6.45) is 2.34. The molecule has 5 nitrogen and oxygen atoms in total. The van der Waals surface area contributed by atoms with E-state index >= 15 is 0 Å². The van der Waals surface area contributed by atoms with E-state index in [1.807, 2.05) is 24.3 Å². The van der Waals surface area contributed by atoms with E-state index in [4.69, 9.17) is 10.5 Å². The fourth-order valence-corrected chi connectivity index (χ4v) is 1.82. The van der Waals surface area contributed by atoms with Crippen molar-refractivity contribution in [2.24, 2.45) is 5.73 Å². The van der Waals surface area contributed by atoms with Gasteiger partial charge in [0, 0.05) is 6.20 Å². The van der Waals surface area contributed by atoms with E-state index in [1.54, 1.807) is 12.1 Å². The van der Waals surface area contributed by atoms with Crippen molar-refractivity contribution >= 4 is 5.97 Å². The molecule has 5 heteroatoms. The van der Waals surface area contributed by atoms with Crippen molar-refractivity contribution in [2.75, 3.05) is 13.7 Å². The largest absolute Gasteiger partial charge is 0.487 e. The van der Waals surface area contributed by atoms with Crippen LogP contribution in [-0.2, 0) is 17.8 Å². The number of benzene rings is 1. The molecule has 2 rings (SSSR count). The molecule has 0 aliphatic rings. The van der Waals surface area contributed by atoms with Crippen molar-refractivity contribution in [3.63, 3.8) is 0 Å². The number of carbonyl (C=O) groups excluding carboxylic acids is 1. The van der Waals surface area contributed by atoms with Gasteiger partial charge in [-0.15, -0.1) is 0 Å². The minimum Gasteiger partial charge on any atom is -0.487 e. The number of methoxy groups -OCH3 is 1. The van der Waals surface area contributed by atoms with Gasteiger partial charge in [0.25, 0.3) is 0 Å². The zero-order valence-corrected chi connectivity index (χ0v) is 11.9. The fraction of sp³-hybridized carbons (Fsp3) is 0.250. The second kappa shape index (κ2) is 7.40. The topological polar surface area (TPSA) is 74.4 Å².